The van der Waals surface area contributed by atoms with Crippen molar-refractivity contribution in [1.82, 2.24) is 10.2 Å². The van der Waals surface area contributed by atoms with E-state index >= 15 is 0 Å². The predicted molar refractivity (Wildman–Crippen MR) is 82.4 cm³/mol. The Morgan fingerprint density at radius 3 is 1.90 bits per heavy atom. The molecule has 8 nitrogen and oxygen atoms in total. The molecule has 1 aliphatic rings. The van der Waals surface area contributed by atoms with Crippen molar-refractivity contribution in [3.8, 4) is 0 Å². The van der Waals surface area contributed by atoms with Gasteiger partial charge in [0, 0.05) is 0 Å². The van der Waals surface area contributed by atoms with E-state index in [4.69, 9.17) is 0 Å². The van der Waals surface area contributed by atoms with E-state index in [1.807, 2.05) is 0 Å². The summed E-state index contributed by atoms with van der Waals surface area (Å²) in [5.74, 6) is -7.39. The van der Waals surface area contributed by atoms with Gasteiger partial charge in [0.25, 0.3) is 11.4 Å². The standard InChI is InChI=1S/C16H12F6N2O6/c1-29-10(26)13(15(17,18)19)9(25)24(12(28)23-13)14(11(27)30-2,16(20,21)22)8-6-4-3-5-7-8/h3-7H,1-2H3,(H,23,28). The van der Waals surface area contributed by atoms with Gasteiger partial charge in [-0.25, -0.2) is 19.3 Å². The molecule has 2 unspecified atom stereocenters. The Morgan fingerprint density at radius 1 is 0.967 bits per heavy atom. The molecule has 1 aromatic carbocycles. The van der Waals surface area contributed by atoms with Crippen molar-refractivity contribution in [3.05, 3.63) is 35.9 Å². The van der Waals surface area contributed by atoms with Crippen molar-refractivity contribution in [2.45, 2.75) is 23.4 Å². The highest BCUT2D eigenvalue weighted by Crippen LogP contribution is 2.49. The van der Waals surface area contributed by atoms with Gasteiger partial charge in [0.1, 0.15) is 0 Å². The molecule has 0 bridgehead atoms. The third-order valence-electron chi connectivity index (χ3n) is 4.36. The maximum atomic E-state index is 14.3. The highest BCUT2D eigenvalue weighted by atomic mass is 19.4. The summed E-state index contributed by atoms with van der Waals surface area (Å²) in [5, 5.41) is 0.914. The quantitative estimate of drug-likeness (QED) is 0.329. The molecule has 30 heavy (non-hydrogen) atoms. The largest absolute Gasteiger partial charge is 0.467 e. The Bertz CT molecular complexity index is 886. The SMILES string of the molecule is COC(=O)C1(C(F)(F)F)NC(=O)N(C(C(=O)OC)(c2ccccc2)C(F)(F)F)C1=O. The highest BCUT2D eigenvalue weighted by molar-refractivity contribution is 6.21. The van der Waals surface area contributed by atoms with E-state index in [0.29, 0.717) is 26.4 Å². The van der Waals surface area contributed by atoms with Crippen LogP contribution in [0.1, 0.15) is 5.56 Å². The minimum atomic E-state index is -5.91. The van der Waals surface area contributed by atoms with E-state index in [9.17, 15) is 45.5 Å². The summed E-state index contributed by atoms with van der Waals surface area (Å²) in [6.45, 7) is 0. The normalized spacial score (nSPS) is 21.7. The predicted octanol–water partition coefficient (Wildman–Crippen LogP) is 1.64. The second-order valence-electron chi connectivity index (χ2n) is 5.88. The molecule has 1 fully saturated rings. The van der Waals surface area contributed by atoms with Crippen LogP contribution in [0.3, 0.4) is 0 Å². The lowest BCUT2D eigenvalue weighted by atomic mass is 9.85. The summed E-state index contributed by atoms with van der Waals surface area (Å²) >= 11 is 0. The summed E-state index contributed by atoms with van der Waals surface area (Å²) < 4.78 is 91.8. The number of imide groups is 1. The van der Waals surface area contributed by atoms with E-state index in [-0.39, 0.29) is 0 Å². The molecule has 164 valence electrons. The summed E-state index contributed by atoms with van der Waals surface area (Å²) in [6, 6.07) is 2.16. The van der Waals surface area contributed by atoms with Crippen LogP contribution in [0.25, 0.3) is 0 Å². The maximum absolute atomic E-state index is 14.3. The van der Waals surface area contributed by atoms with Crippen LogP contribution in [0.2, 0.25) is 0 Å². The lowest BCUT2D eigenvalue weighted by molar-refractivity contribution is -0.239. The van der Waals surface area contributed by atoms with Crippen LogP contribution in [0.4, 0.5) is 31.1 Å². The number of carbonyl (C=O) groups is 4. The minimum Gasteiger partial charge on any atom is -0.467 e. The first kappa shape index (κ1) is 23.0. The number of halogens is 6. The van der Waals surface area contributed by atoms with Gasteiger partial charge in [0.05, 0.1) is 14.2 Å². The topological polar surface area (TPSA) is 102 Å². The van der Waals surface area contributed by atoms with Crippen molar-refractivity contribution in [2.75, 3.05) is 14.2 Å². The summed E-state index contributed by atoms with van der Waals surface area (Å²) in [6.07, 6.45) is -11.8. The van der Waals surface area contributed by atoms with E-state index in [1.54, 1.807) is 0 Å². The zero-order valence-corrected chi connectivity index (χ0v) is 15.1. The zero-order valence-electron chi connectivity index (χ0n) is 15.1. The zero-order chi connectivity index (χ0) is 23.1. The number of methoxy groups -OCH3 is 2. The van der Waals surface area contributed by atoms with Crippen LogP contribution in [0.15, 0.2) is 30.3 Å². The molecular weight excluding hydrogens is 430 g/mol. The van der Waals surface area contributed by atoms with Crippen molar-refractivity contribution < 1.29 is 55.0 Å². The van der Waals surface area contributed by atoms with Crippen LogP contribution < -0.4 is 5.32 Å². The fourth-order valence-electron chi connectivity index (χ4n) is 3.01. The summed E-state index contributed by atoms with van der Waals surface area (Å²) in [7, 11) is 0.897. The van der Waals surface area contributed by atoms with Crippen LogP contribution in [-0.4, -0.2) is 60.9 Å². The van der Waals surface area contributed by atoms with Gasteiger partial charge in [-0.15, -0.1) is 0 Å². The Kier molecular flexibility index (Phi) is 5.49. The number of benzene rings is 1. The molecule has 1 heterocycles. The van der Waals surface area contributed by atoms with E-state index in [2.05, 4.69) is 9.47 Å². The van der Waals surface area contributed by atoms with Crippen LogP contribution in [-0.2, 0) is 29.4 Å². The molecule has 1 N–H and O–H groups in total. The molecule has 2 atom stereocenters. The number of hydrogen-bond donors (Lipinski definition) is 1. The van der Waals surface area contributed by atoms with Gasteiger partial charge in [0.15, 0.2) is 0 Å². The maximum Gasteiger partial charge on any atom is 0.431 e. The van der Waals surface area contributed by atoms with Gasteiger partial charge in [-0.1, -0.05) is 30.3 Å². The molecule has 0 saturated carbocycles. The van der Waals surface area contributed by atoms with Crippen LogP contribution in [0.5, 0.6) is 0 Å². The molecule has 2 rings (SSSR count). The number of urea groups is 1. The first-order chi connectivity index (χ1) is 13.7. The van der Waals surface area contributed by atoms with Crippen molar-refractivity contribution in [2.24, 2.45) is 0 Å². The molecule has 1 aromatic rings. The van der Waals surface area contributed by atoms with E-state index < -0.39 is 57.8 Å². The lowest BCUT2D eigenvalue weighted by Gasteiger charge is -2.39. The Morgan fingerprint density at radius 2 is 1.50 bits per heavy atom. The van der Waals surface area contributed by atoms with Crippen molar-refractivity contribution in [3.63, 3.8) is 0 Å². The van der Waals surface area contributed by atoms with Gasteiger partial charge >= 0.3 is 35.9 Å². The number of alkyl halides is 6. The van der Waals surface area contributed by atoms with Crippen LogP contribution in [0, 0.1) is 0 Å². The fraction of sp³-hybridized carbons (Fsp3) is 0.375. The fourth-order valence-corrected chi connectivity index (χ4v) is 3.01. The van der Waals surface area contributed by atoms with Crippen molar-refractivity contribution >= 4 is 23.9 Å². The summed E-state index contributed by atoms with van der Waals surface area (Å²) in [4.78, 5) is 48.2. The highest BCUT2D eigenvalue weighted by Gasteiger charge is 2.80. The molecule has 0 spiro atoms. The number of carbonyl (C=O) groups excluding carboxylic acids is 4. The first-order valence-electron chi connectivity index (χ1n) is 7.76. The average molecular weight is 442 g/mol. The Balaban J connectivity index is 2.93. The second kappa shape index (κ2) is 7.18. The smallest absolute Gasteiger partial charge is 0.431 e. The monoisotopic (exact) mass is 442 g/mol. The first-order valence-corrected chi connectivity index (χ1v) is 7.76. The third kappa shape index (κ3) is 2.85. The molecule has 0 radical (unpaired) electrons. The third-order valence-corrected chi connectivity index (χ3v) is 4.36. The molecule has 0 aromatic heterocycles. The average Bonchev–Trinajstić information content (AvgIpc) is 2.93. The molecule has 3 amide bonds. The Labute approximate surface area is 163 Å². The van der Waals surface area contributed by atoms with Gasteiger partial charge in [-0.05, 0) is 5.56 Å². The van der Waals surface area contributed by atoms with E-state index in [0.717, 1.165) is 17.4 Å². The number of nitrogens with one attached hydrogen (secondary N) is 1. The number of nitrogens with zero attached hydrogens (tertiary/aromatic N) is 1. The van der Waals surface area contributed by atoms with Gasteiger partial charge in [-0.2, -0.15) is 26.3 Å². The molecule has 1 aliphatic heterocycles. The summed E-state index contributed by atoms with van der Waals surface area (Å²) in [5.41, 5.74) is -9.93. The number of rotatable bonds is 4. The second-order valence-corrected chi connectivity index (χ2v) is 5.88. The van der Waals surface area contributed by atoms with Crippen molar-refractivity contribution in [1.29, 1.82) is 0 Å². The number of esters is 2. The number of amides is 3. The van der Waals surface area contributed by atoms with Gasteiger partial charge in [0.2, 0.25) is 0 Å². The minimum absolute atomic E-state index is 0.423. The van der Waals surface area contributed by atoms with Crippen LogP contribution >= 0.6 is 0 Å². The number of ether oxygens (including phenoxy) is 2. The van der Waals surface area contributed by atoms with Gasteiger partial charge in [-0.3, -0.25) is 4.79 Å². The molecule has 1 saturated heterocycles. The van der Waals surface area contributed by atoms with E-state index in [1.165, 1.54) is 6.07 Å². The molecular formula is C16H12F6N2O6. The molecule has 14 heteroatoms. The Hall–Kier alpha value is -3.32. The lowest BCUT2D eigenvalue weighted by Crippen LogP contribution is -2.67. The molecule has 0 aliphatic carbocycles. The van der Waals surface area contributed by atoms with Gasteiger partial charge < -0.3 is 14.8 Å². The number of hydrogen-bond acceptors (Lipinski definition) is 6.